The Morgan fingerprint density at radius 1 is 1.36 bits per heavy atom. The maximum absolute atomic E-state index is 11.1. The smallest absolute Gasteiger partial charge is 0.217 e. The maximum atomic E-state index is 11.1. The minimum Gasteiger partial charge on any atom is -0.351 e. The normalized spacial score (nSPS) is 17.8. The first-order chi connectivity index (χ1) is 12.2. The number of hydrogen-bond donors (Lipinski definition) is 1. The number of carbonyl (C=O) groups excluding carboxylic acids is 1. The van der Waals surface area contributed by atoms with Gasteiger partial charge in [-0.05, 0) is 25.8 Å². The molecule has 7 heteroatoms. The highest BCUT2D eigenvalue weighted by atomic mass is 16.1. The van der Waals surface area contributed by atoms with E-state index in [1.54, 1.807) is 6.20 Å². The molecule has 0 bridgehead atoms. The molecule has 1 N–H and O–H groups in total. The van der Waals surface area contributed by atoms with Gasteiger partial charge in [0.15, 0.2) is 0 Å². The first kappa shape index (κ1) is 17.5. The van der Waals surface area contributed by atoms with Crippen LogP contribution in [0.2, 0.25) is 0 Å². The van der Waals surface area contributed by atoms with Crippen LogP contribution in [0.25, 0.3) is 0 Å². The summed E-state index contributed by atoms with van der Waals surface area (Å²) in [6.45, 7) is 6.99. The molecule has 1 amide bonds. The van der Waals surface area contributed by atoms with Crippen molar-refractivity contribution in [2.45, 2.75) is 58.8 Å². The van der Waals surface area contributed by atoms with Crippen molar-refractivity contribution >= 4 is 5.91 Å². The molecule has 25 heavy (non-hydrogen) atoms. The second-order valence-corrected chi connectivity index (χ2v) is 6.59. The van der Waals surface area contributed by atoms with Crippen molar-refractivity contribution in [3.63, 3.8) is 0 Å². The van der Waals surface area contributed by atoms with Gasteiger partial charge in [0.05, 0.1) is 42.6 Å². The molecule has 0 unspecified atom stereocenters. The number of carbonyl (C=O) groups is 1. The van der Waals surface area contributed by atoms with Crippen LogP contribution in [-0.4, -0.2) is 37.1 Å². The Balaban J connectivity index is 1.68. The molecular formula is C18H26N6O. The van der Waals surface area contributed by atoms with Crippen LogP contribution in [0.15, 0.2) is 24.8 Å². The zero-order valence-electron chi connectivity index (χ0n) is 15.0. The van der Waals surface area contributed by atoms with Crippen molar-refractivity contribution in [2.24, 2.45) is 0 Å². The molecule has 1 aliphatic rings. The standard InChI is InChI=1S/C18H26N6O/c1-3-6-24-13-15(8-21-24)12-23-7-4-5-18(23)17-11-19-9-16(22-17)10-20-14(2)25/h8-9,11,13,18H,3-7,10,12H2,1-2H3,(H,20,25)/t18-/m0/s1. The quantitative estimate of drug-likeness (QED) is 0.833. The van der Waals surface area contributed by atoms with Crippen LogP contribution < -0.4 is 5.32 Å². The number of amides is 1. The number of rotatable bonds is 7. The van der Waals surface area contributed by atoms with Gasteiger partial charge in [-0.15, -0.1) is 0 Å². The van der Waals surface area contributed by atoms with Gasteiger partial charge in [-0.3, -0.25) is 24.3 Å². The average Bonchev–Trinajstić information content (AvgIpc) is 3.24. The lowest BCUT2D eigenvalue weighted by Crippen LogP contribution is -2.24. The fourth-order valence-corrected chi connectivity index (χ4v) is 3.31. The van der Waals surface area contributed by atoms with Crippen LogP contribution in [0.3, 0.4) is 0 Å². The van der Waals surface area contributed by atoms with E-state index in [9.17, 15) is 4.79 Å². The third kappa shape index (κ3) is 4.63. The van der Waals surface area contributed by atoms with E-state index >= 15 is 0 Å². The maximum Gasteiger partial charge on any atom is 0.217 e. The van der Waals surface area contributed by atoms with Crippen molar-refractivity contribution < 1.29 is 4.79 Å². The Bertz CT molecular complexity index is 713. The third-order valence-electron chi connectivity index (χ3n) is 4.45. The van der Waals surface area contributed by atoms with Gasteiger partial charge in [-0.1, -0.05) is 6.92 Å². The summed E-state index contributed by atoms with van der Waals surface area (Å²) >= 11 is 0. The summed E-state index contributed by atoms with van der Waals surface area (Å²) in [6.07, 6.45) is 11.0. The second kappa shape index (κ2) is 8.20. The molecule has 0 radical (unpaired) electrons. The predicted octanol–water partition coefficient (Wildman–Crippen LogP) is 2.06. The molecule has 1 atom stereocenters. The minimum atomic E-state index is -0.0567. The van der Waals surface area contributed by atoms with E-state index in [2.05, 4.69) is 33.4 Å². The summed E-state index contributed by atoms with van der Waals surface area (Å²) in [6, 6.07) is 0.277. The third-order valence-corrected chi connectivity index (χ3v) is 4.45. The molecule has 0 aliphatic carbocycles. The van der Waals surface area contributed by atoms with E-state index in [1.807, 2.05) is 17.1 Å². The van der Waals surface area contributed by atoms with E-state index in [0.717, 1.165) is 50.3 Å². The van der Waals surface area contributed by atoms with Gasteiger partial charge in [0.25, 0.3) is 0 Å². The van der Waals surface area contributed by atoms with Crippen molar-refractivity contribution in [3.8, 4) is 0 Å². The topological polar surface area (TPSA) is 75.9 Å². The van der Waals surface area contributed by atoms with Crippen molar-refractivity contribution in [3.05, 3.63) is 41.7 Å². The minimum absolute atomic E-state index is 0.0567. The monoisotopic (exact) mass is 342 g/mol. The van der Waals surface area contributed by atoms with Crippen molar-refractivity contribution in [1.82, 2.24) is 30.0 Å². The number of hydrogen-bond acceptors (Lipinski definition) is 5. The fraction of sp³-hybridized carbons (Fsp3) is 0.556. The number of nitrogens with one attached hydrogen (secondary N) is 1. The molecule has 2 aromatic heterocycles. The van der Waals surface area contributed by atoms with Gasteiger partial charge in [0.2, 0.25) is 5.91 Å². The summed E-state index contributed by atoms with van der Waals surface area (Å²) < 4.78 is 2.01. The van der Waals surface area contributed by atoms with Crippen molar-refractivity contribution in [1.29, 1.82) is 0 Å². The van der Waals surface area contributed by atoms with E-state index in [-0.39, 0.29) is 11.9 Å². The summed E-state index contributed by atoms with van der Waals surface area (Å²) in [5, 5.41) is 7.20. The molecule has 1 fully saturated rings. The fourth-order valence-electron chi connectivity index (χ4n) is 3.31. The molecule has 3 heterocycles. The van der Waals surface area contributed by atoms with Crippen molar-refractivity contribution in [2.75, 3.05) is 6.54 Å². The molecule has 1 aliphatic heterocycles. The van der Waals surface area contributed by atoms with Crippen LogP contribution in [0.4, 0.5) is 0 Å². The van der Waals surface area contributed by atoms with Gasteiger partial charge in [0, 0.05) is 31.8 Å². The molecular weight excluding hydrogens is 316 g/mol. The van der Waals surface area contributed by atoms with Gasteiger partial charge in [0.1, 0.15) is 0 Å². The highest BCUT2D eigenvalue weighted by molar-refractivity contribution is 5.72. The first-order valence-corrected chi connectivity index (χ1v) is 8.96. The van der Waals surface area contributed by atoms with Gasteiger partial charge in [-0.2, -0.15) is 5.10 Å². The SMILES string of the molecule is CCCn1cc(CN2CCC[C@H]2c2cncc(CNC(C)=O)n2)cn1. The summed E-state index contributed by atoms with van der Waals surface area (Å²) in [7, 11) is 0. The highest BCUT2D eigenvalue weighted by Crippen LogP contribution is 2.31. The number of aromatic nitrogens is 4. The van der Waals surface area contributed by atoms with Crippen LogP contribution in [0, 0.1) is 0 Å². The molecule has 3 rings (SSSR count). The van der Waals surface area contributed by atoms with E-state index in [1.165, 1.54) is 12.5 Å². The molecule has 0 aromatic carbocycles. The molecule has 2 aromatic rings. The van der Waals surface area contributed by atoms with Gasteiger partial charge in [-0.25, -0.2) is 0 Å². The zero-order valence-corrected chi connectivity index (χ0v) is 15.0. The largest absolute Gasteiger partial charge is 0.351 e. The lowest BCUT2D eigenvalue weighted by molar-refractivity contribution is -0.119. The molecule has 0 spiro atoms. The van der Waals surface area contributed by atoms with Crippen LogP contribution in [0.5, 0.6) is 0 Å². The Morgan fingerprint density at radius 2 is 2.24 bits per heavy atom. The summed E-state index contributed by atoms with van der Waals surface area (Å²) in [4.78, 5) is 22.6. The molecule has 134 valence electrons. The van der Waals surface area contributed by atoms with Gasteiger partial charge >= 0.3 is 0 Å². The Hall–Kier alpha value is -2.28. The van der Waals surface area contributed by atoms with Gasteiger partial charge < -0.3 is 5.32 Å². The summed E-state index contributed by atoms with van der Waals surface area (Å²) in [5.74, 6) is -0.0567. The molecule has 0 saturated carbocycles. The van der Waals surface area contributed by atoms with Crippen LogP contribution in [-0.2, 0) is 24.4 Å². The Morgan fingerprint density at radius 3 is 3.04 bits per heavy atom. The average molecular weight is 342 g/mol. The van der Waals surface area contributed by atoms with Crippen LogP contribution in [0.1, 0.15) is 56.1 Å². The lowest BCUT2D eigenvalue weighted by Gasteiger charge is -2.23. The number of aryl methyl sites for hydroxylation is 1. The van der Waals surface area contributed by atoms with E-state index < -0.39 is 0 Å². The predicted molar refractivity (Wildman–Crippen MR) is 94.5 cm³/mol. The Labute approximate surface area is 148 Å². The van der Waals surface area contributed by atoms with E-state index in [4.69, 9.17) is 4.98 Å². The number of nitrogens with zero attached hydrogens (tertiary/aromatic N) is 5. The Kier molecular flexibility index (Phi) is 5.75. The molecule has 7 nitrogen and oxygen atoms in total. The molecule has 1 saturated heterocycles. The lowest BCUT2D eigenvalue weighted by atomic mass is 10.1. The second-order valence-electron chi connectivity index (χ2n) is 6.59. The number of likely N-dealkylation sites (tertiary alicyclic amines) is 1. The first-order valence-electron chi connectivity index (χ1n) is 8.96. The summed E-state index contributed by atoms with van der Waals surface area (Å²) in [5.41, 5.74) is 3.03. The highest BCUT2D eigenvalue weighted by Gasteiger charge is 2.27. The van der Waals surface area contributed by atoms with E-state index in [0.29, 0.717) is 6.54 Å². The zero-order chi connectivity index (χ0) is 17.6. The van der Waals surface area contributed by atoms with Crippen LogP contribution >= 0.6 is 0 Å².